The summed E-state index contributed by atoms with van der Waals surface area (Å²) in [6.45, 7) is 3.62. The summed E-state index contributed by atoms with van der Waals surface area (Å²) in [5.41, 5.74) is -0.0740. The zero-order valence-electron chi connectivity index (χ0n) is 13.9. The fourth-order valence-electron chi connectivity index (χ4n) is 2.64. The molecule has 3 N–H and O–H groups in total. The Hall–Kier alpha value is -2.28. The monoisotopic (exact) mass is 352 g/mol. The van der Waals surface area contributed by atoms with Gasteiger partial charge in [0.2, 0.25) is 11.8 Å². The average Bonchev–Trinajstić information content (AvgIpc) is 2.61. The molecule has 0 aromatic heterocycles. The molecule has 1 aliphatic rings. The van der Waals surface area contributed by atoms with Crippen molar-refractivity contribution in [3.63, 3.8) is 0 Å². The SMILES string of the molecule is C=CC(=O)NCc1ccc(C(=O)NCC2(O)CCC(F)(F)CC2)cc1. The first-order chi connectivity index (χ1) is 11.7. The Labute approximate surface area is 145 Å². The molecule has 0 radical (unpaired) electrons. The van der Waals surface area contributed by atoms with Gasteiger partial charge >= 0.3 is 0 Å². The van der Waals surface area contributed by atoms with E-state index < -0.39 is 11.5 Å². The predicted molar refractivity (Wildman–Crippen MR) is 89.2 cm³/mol. The molecule has 1 aromatic rings. The Morgan fingerprint density at radius 3 is 2.28 bits per heavy atom. The highest BCUT2D eigenvalue weighted by Gasteiger charge is 2.42. The lowest BCUT2D eigenvalue weighted by atomic mass is 9.82. The van der Waals surface area contributed by atoms with Gasteiger partial charge in [-0.2, -0.15) is 0 Å². The van der Waals surface area contributed by atoms with Crippen LogP contribution in [0.4, 0.5) is 8.78 Å². The molecule has 1 fully saturated rings. The third-order valence-electron chi connectivity index (χ3n) is 4.36. The largest absolute Gasteiger partial charge is 0.388 e. The minimum absolute atomic E-state index is 0.0395. The second-order valence-corrected chi connectivity index (χ2v) is 6.38. The summed E-state index contributed by atoms with van der Waals surface area (Å²) in [7, 11) is 0. The number of hydrogen-bond donors (Lipinski definition) is 3. The lowest BCUT2D eigenvalue weighted by molar-refractivity contribution is -0.116. The molecule has 0 unspecified atom stereocenters. The number of aliphatic hydroxyl groups is 1. The molecule has 1 aliphatic carbocycles. The van der Waals surface area contributed by atoms with E-state index >= 15 is 0 Å². The van der Waals surface area contributed by atoms with Crippen molar-refractivity contribution in [1.82, 2.24) is 10.6 Å². The quantitative estimate of drug-likeness (QED) is 0.687. The molecule has 1 saturated carbocycles. The van der Waals surface area contributed by atoms with Crippen LogP contribution in [0.1, 0.15) is 41.6 Å². The van der Waals surface area contributed by atoms with Crippen molar-refractivity contribution in [1.29, 1.82) is 0 Å². The molecule has 7 heteroatoms. The lowest BCUT2D eigenvalue weighted by Gasteiger charge is -2.35. The molecular formula is C18H22F2N2O3. The molecule has 0 saturated heterocycles. The van der Waals surface area contributed by atoms with E-state index in [-0.39, 0.29) is 44.0 Å². The minimum atomic E-state index is -2.73. The molecular weight excluding hydrogens is 330 g/mol. The van der Waals surface area contributed by atoms with E-state index in [1.54, 1.807) is 24.3 Å². The van der Waals surface area contributed by atoms with E-state index in [2.05, 4.69) is 17.2 Å². The maximum atomic E-state index is 13.2. The number of nitrogens with one attached hydrogen (secondary N) is 2. The standard InChI is InChI=1S/C18H22F2N2O3/c1-2-15(23)21-11-13-3-5-14(6-4-13)16(24)22-12-17(25)7-9-18(19,20)10-8-17/h2-6,25H,1,7-12H2,(H,21,23)(H,22,24). The second kappa shape index (κ2) is 7.74. The number of halogens is 2. The van der Waals surface area contributed by atoms with E-state index in [4.69, 9.17) is 0 Å². The number of alkyl halides is 2. The molecule has 5 nitrogen and oxygen atoms in total. The summed E-state index contributed by atoms with van der Waals surface area (Å²) >= 11 is 0. The Morgan fingerprint density at radius 2 is 1.72 bits per heavy atom. The van der Waals surface area contributed by atoms with Crippen molar-refractivity contribution in [3.05, 3.63) is 48.0 Å². The van der Waals surface area contributed by atoms with Crippen molar-refractivity contribution in [2.24, 2.45) is 0 Å². The van der Waals surface area contributed by atoms with Gasteiger partial charge in [-0.15, -0.1) is 0 Å². The highest BCUT2D eigenvalue weighted by molar-refractivity contribution is 5.94. The van der Waals surface area contributed by atoms with Gasteiger partial charge in [-0.3, -0.25) is 9.59 Å². The number of amides is 2. The first-order valence-corrected chi connectivity index (χ1v) is 8.11. The average molecular weight is 352 g/mol. The van der Waals surface area contributed by atoms with Crippen LogP contribution in [0.5, 0.6) is 0 Å². The van der Waals surface area contributed by atoms with Gasteiger partial charge in [0.1, 0.15) is 0 Å². The van der Waals surface area contributed by atoms with Gasteiger partial charge in [0.05, 0.1) is 5.60 Å². The summed E-state index contributed by atoms with van der Waals surface area (Å²) in [4.78, 5) is 23.2. The van der Waals surface area contributed by atoms with Crippen LogP contribution in [0, 0.1) is 0 Å². The van der Waals surface area contributed by atoms with Crippen LogP contribution in [0.25, 0.3) is 0 Å². The molecule has 1 aromatic carbocycles. The normalized spacial score (nSPS) is 18.2. The van der Waals surface area contributed by atoms with Gasteiger partial charge in [0.25, 0.3) is 5.91 Å². The van der Waals surface area contributed by atoms with Crippen LogP contribution < -0.4 is 10.6 Å². The van der Waals surface area contributed by atoms with Crippen molar-refractivity contribution in [2.75, 3.05) is 6.54 Å². The maximum Gasteiger partial charge on any atom is 0.251 e. The number of carbonyl (C=O) groups excluding carboxylic acids is 2. The second-order valence-electron chi connectivity index (χ2n) is 6.38. The van der Waals surface area contributed by atoms with Gasteiger partial charge in [0, 0.05) is 31.5 Å². The van der Waals surface area contributed by atoms with Crippen molar-refractivity contribution in [3.8, 4) is 0 Å². The highest BCUT2D eigenvalue weighted by atomic mass is 19.3. The Balaban J connectivity index is 1.84. The molecule has 25 heavy (non-hydrogen) atoms. The molecule has 0 spiro atoms. The smallest absolute Gasteiger partial charge is 0.251 e. The van der Waals surface area contributed by atoms with Crippen LogP contribution in [-0.2, 0) is 11.3 Å². The Bertz CT molecular complexity index is 634. The summed E-state index contributed by atoms with van der Waals surface area (Å²) in [5, 5.41) is 15.5. The maximum absolute atomic E-state index is 13.2. The van der Waals surface area contributed by atoms with E-state index in [1.807, 2.05) is 0 Å². The molecule has 0 heterocycles. The first-order valence-electron chi connectivity index (χ1n) is 8.11. The molecule has 0 bridgehead atoms. The van der Waals surface area contributed by atoms with Crippen molar-refractivity contribution in [2.45, 2.75) is 43.8 Å². The zero-order chi connectivity index (χ0) is 18.5. The van der Waals surface area contributed by atoms with Gasteiger partial charge < -0.3 is 15.7 Å². The first kappa shape index (κ1) is 19.1. The van der Waals surface area contributed by atoms with Crippen molar-refractivity contribution < 1.29 is 23.5 Å². The molecule has 0 aliphatic heterocycles. The topological polar surface area (TPSA) is 78.4 Å². The Morgan fingerprint density at radius 1 is 1.12 bits per heavy atom. The van der Waals surface area contributed by atoms with Crippen LogP contribution in [0.15, 0.2) is 36.9 Å². The Kier molecular flexibility index (Phi) is 5.89. The van der Waals surface area contributed by atoms with Crippen LogP contribution >= 0.6 is 0 Å². The third-order valence-corrected chi connectivity index (χ3v) is 4.36. The fourth-order valence-corrected chi connectivity index (χ4v) is 2.64. The van der Waals surface area contributed by atoms with Crippen molar-refractivity contribution >= 4 is 11.8 Å². The predicted octanol–water partition coefficient (Wildman–Crippen LogP) is 2.16. The number of hydrogen-bond acceptors (Lipinski definition) is 3. The minimum Gasteiger partial charge on any atom is -0.388 e. The lowest BCUT2D eigenvalue weighted by Crippen LogP contribution is -2.47. The summed E-state index contributed by atoms with van der Waals surface area (Å²) < 4.78 is 26.3. The van der Waals surface area contributed by atoms with Gasteiger partial charge in [0.15, 0.2) is 0 Å². The van der Waals surface area contributed by atoms with Gasteiger partial charge in [-0.1, -0.05) is 18.7 Å². The number of benzene rings is 1. The van der Waals surface area contributed by atoms with Gasteiger partial charge in [-0.05, 0) is 36.6 Å². The number of carbonyl (C=O) groups is 2. The highest BCUT2D eigenvalue weighted by Crippen LogP contribution is 2.38. The summed E-state index contributed by atoms with van der Waals surface area (Å²) in [5.74, 6) is -3.40. The number of rotatable bonds is 6. The molecule has 136 valence electrons. The van der Waals surface area contributed by atoms with E-state index in [0.29, 0.717) is 12.1 Å². The molecule has 0 atom stereocenters. The van der Waals surface area contributed by atoms with E-state index in [0.717, 1.165) is 5.56 Å². The molecule has 2 amide bonds. The summed E-state index contributed by atoms with van der Waals surface area (Å²) in [6.07, 6.45) is 0.354. The molecule has 2 rings (SSSR count). The fraction of sp³-hybridized carbons (Fsp3) is 0.444. The van der Waals surface area contributed by atoms with E-state index in [1.165, 1.54) is 6.08 Å². The van der Waals surface area contributed by atoms with E-state index in [9.17, 15) is 23.5 Å². The van der Waals surface area contributed by atoms with Crippen LogP contribution in [0.3, 0.4) is 0 Å². The summed E-state index contributed by atoms with van der Waals surface area (Å²) in [6, 6.07) is 6.61. The van der Waals surface area contributed by atoms with Crippen LogP contribution in [-0.4, -0.2) is 35.0 Å². The zero-order valence-corrected chi connectivity index (χ0v) is 13.9. The van der Waals surface area contributed by atoms with Crippen LogP contribution in [0.2, 0.25) is 0 Å². The third kappa shape index (κ3) is 5.63. The van der Waals surface area contributed by atoms with Gasteiger partial charge in [-0.25, -0.2) is 8.78 Å².